The Kier molecular flexibility index (Phi) is 4.48. The third-order valence-electron chi connectivity index (χ3n) is 2.62. The lowest BCUT2D eigenvalue weighted by Gasteiger charge is -2.36. The molecule has 0 bridgehead atoms. The Bertz CT molecular complexity index is 397. The number of hydrogen-bond donors (Lipinski definition) is 1. The minimum atomic E-state index is -1.28. The van der Waals surface area contributed by atoms with Gasteiger partial charge in [0.25, 0.3) is 0 Å². The van der Waals surface area contributed by atoms with E-state index in [1.807, 2.05) is 51.5 Å². The monoisotopic (exact) mass is 251 g/mol. The molecule has 0 amide bonds. The van der Waals surface area contributed by atoms with Gasteiger partial charge in [0.1, 0.15) is 12.1 Å². The van der Waals surface area contributed by atoms with Gasteiger partial charge in [0.2, 0.25) is 0 Å². The van der Waals surface area contributed by atoms with Crippen molar-refractivity contribution in [2.75, 3.05) is 27.7 Å². The van der Waals surface area contributed by atoms with Crippen molar-refractivity contribution in [1.29, 1.82) is 0 Å². The van der Waals surface area contributed by atoms with Gasteiger partial charge in [-0.2, -0.15) is 0 Å². The van der Waals surface area contributed by atoms with Crippen molar-refractivity contribution < 1.29 is 19.5 Å². The summed E-state index contributed by atoms with van der Waals surface area (Å²) in [5.74, 6) is -1.22. The summed E-state index contributed by atoms with van der Waals surface area (Å²) in [6.07, 6.45) is -0.0330. The van der Waals surface area contributed by atoms with Crippen LogP contribution in [-0.4, -0.2) is 48.8 Å². The fourth-order valence-electron chi connectivity index (χ4n) is 2.30. The minimum Gasteiger partial charge on any atom is -0.550 e. The van der Waals surface area contributed by atoms with Crippen molar-refractivity contribution in [3.63, 3.8) is 0 Å². The molecule has 0 aliphatic carbocycles. The number of carboxylic acids is 1. The molecule has 1 aromatic carbocycles. The van der Waals surface area contributed by atoms with Crippen LogP contribution in [-0.2, 0) is 11.2 Å². The van der Waals surface area contributed by atoms with Crippen LogP contribution >= 0.6 is 0 Å². The number of quaternary nitrogens is 1. The maximum Gasteiger partial charge on any atom is 0.123 e. The van der Waals surface area contributed by atoms with E-state index in [0.717, 1.165) is 5.56 Å². The maximum absolute atomic E-state index is 10.8. The normalized spacial score (nSPS) is 15.1. The molecule has 0 aliphatic rings. The molecule has 1 aromatic rings. The van der Waals surface area contributed by atoms with Gasteiger partial charge in [-0.3, -0.25) is 0 Å². The predicted molar refractivity (Wildman–Crippen MR) is 67.6 cm³/mol. The number of rotatable bonds is 6. The molecule has 0 saturated carbocycles. The number of carboxylic acid groups (broad SMARTS) is 1. The molecule has 0 radical (unpaired) electrons. The van der Waals surface area contributed by atoms with Crippen molar-refractivity contribution in [2.24, 2.45) is 0 Å². The molecule has 0 spiro atoms. The minimum absolute atomic E-state index is 0.317. The highest BCUT2D eigenvalue weighted by Crippen LogP contribution is 2.20. The summed E-state index contributed by atoms with van der Waals surface area (Å²) in [7, 11) is 5.77. The molecule has 0 heterocycles. The number of carbonyl (C=O) groups excluding carboxylic acids is 1. The summed E-state index contributed by atoms with van der Waals surface area (Å²) >= 11 is 0. The first-order valence-electron chi connectivity index (χ1n) is 5.97. The van der Waals surface area contributed by atoms with E-state index >= 15 is 0 Å². The van der Waals surface area contributed by atoms with Crippen LogP contribution in [0.3, 0.4) is 0 Å². The van der Waals surface area contributed by atoms with Gasteiger partial charge in [-0.05, 0) is 5.56 Å². The standard InChI is InChI=1S/C14H21NO3/c1-15(2,3)11-14(18,10-13(16)17)9-12-7-5-4-6-8-12/h4-8,18H,9-11H2,1-3H3/t14-/m1/s1. The lowest BCUT2D eigenvalue weighted by Crippen LogP contribution is -2.52. The van der Waals surface area contributed by atoms with Crippen LogP contribution in [0.15, 0.2) is 30.3 Å². The molecule has 4 heteroatoms. The largest absolute Gasteiger partial charge is 0.550 e. The van der Waals surface area contributed by atoms with Gasteiger partial charge in [-0.15, -0.1) is 0 Å². The van der Waals surface area contributed by atoms with Gasteiger partial charge >= 0.3 is 0 Å². The fourth-order valence-corrected chi connectivity index (χ4v) is 2.30. The van der Waals surface area contributed by atoms with Crippen molar-refractivity contribution in [1.82, 2.24) is 0 Å². The Morgan fingerprint density at radius 3 is 2.28 bits per heavy atom. The van der Waals surface area contributed by atoms with Crippen LogP contribution in [0.25, 0.3) is 0 Å². The third-order valence-corrected chi connectivity index (χ3v) is 2.62. The first-order valence-corrected chi connectivity index (χ1v) is 5.97. The van der Waals surface area contributed by atoms with E-state index in [1.54, 1.807) is 0 Å². The molecule has 4 nitrogen and oxygen atoms in total. The molecule has 1 N–H and O–H groups in total. The second-order valence-corrected chi connectivity index (χ2v) is 5.88. The van der Waals surface area contributed by atoms with Gasteiger partial charge in [-0.25, -0.2) is 0 Å². The number of benzene rings is 1. The van der Waals surface area contributed by atoms with Crippen LogP contribution in [0.1, 0.15) is 12.0 Å². The Balaban J connectivity index is 2.87. The molecule has 0 aliphatic heterocycles. The molecule has 100 valence electrons. The SMILES string of the molecule is C[N+](C)(C)C[C@](O)(CC(=O)[O-])Cc1ccccc1. The van der Waals surface area contributed by atoms with E-state index in [-0.39, 0.29) is 6.42 Å². The van der Waals surface area contributed by atoms with E-state index < -0.39 is 11.6 Å². The van der Waals surface area contributed by atoms with Gasteiger partial charge in [0, 0.05) is 18.8 Å². The molecule has 1 atom stereocenters. The van der Waals surface area contributed by atoms with Crippen LogP contribution in [0.2, 0.25) is 0 Å². The number of aliphatic carboxylic acids is 1. The smallest absolute Gasteiger partial charge is 0.123 e. The molecule has 0 saturated heterocycles. The van der Waals surface area contributed by atoms with Crippen molar-refractivity contribution in [3.8, 4) is 0 Å². The quantitative estimate of drug-likeness (QED) is 0.713. The maximum atomic E-state index is 10.8. The Morgan fingerprint density at radius 2 is 1.83 bits per heavy atom. The Hall–Kier alpha value is -1.39. The molecule has 0 fully saturated rings. The van der Waals surface area contributed by atoms with Gasteiger partial charge < -0.3 is 19.5 Å². The van der Waals surface area contributed by atoms with Crippen LogP contribution in [0, 0.1) is 0 Å². The first-order chi connectivity index (χ1) is 8.20. The summed E-state index contributed by atoms with van der Waals surface area (Å²) in [6, 6.07) is 9.41. The van der Waals surface area contributed by atoms with Crippen molar-refractivity contribution in [3.05, 3.63) is 35.9 Å². The molecule has 0 aromatic heterocycles. The average Bonchev–Trinajstić information content (AvgIpc) is 2.13. The highest BCUT2D eigenvalue weighted by Gasteiger charge is 2.33. The number of likely N-dealkylation sites (N-methyl/N-ethyl adjacent to an activating group) is 1. The summed E-state index contributed by atoms with van der Waals surface area (Å²) in [6.45, 7) is 0.357. The summed E-state index contributed by atoms with van der Waals surface area (Å²) < 4.78 is 0.497. The Morgan fingerprint density at radius 1 is 1.28 bits per heavy atom. The van der Waals surface area contributed by atoms with Gasteiger partial charge in [-0.1, -0.05) is 30.3 Å². The first kappa shape index (κ1) is 14.7. The van der Waals surface area contributed by atoms with E-state index in [4.69, 9.17) is 0 Å². The molecule has 1 rings (SSSR count). The topological polar surface area (TPSA) is 60.4 Å². The summed E-state index contributed by atoms with van der Waals surface area (Å²) in [5, 5.41) is 21.3. The predicted octanol–water partition coefficient (Wildman–Crippen LogP) is -0.194. The average molecular weight is 251 g/mol. The van der Waals surface area contributed by atoms with Gasteiger partial charge in [0.15, 0.2) is 0 Å². The molecule has 18 heavy (non-hydrogen) atoms. The zero-order valence-corrected chi connectivity index (χ0v) is 11.2. The second-order valence-electron chi connectivity index (χ2n) is 5.88. The van der Waals surface area contributed by atoms with Crippen LogP contribution in [0.4, 0.5) is 0 Å². The zero-order chi connectivity index (χ0) is 13.8. The van der Waals surface area contributed by atoms with E-state index in [9.17, 15) is 15.0 Å². The lowest BCUT2D eigenvalue weighted by molar-refractivity contribution is -0.877. The number of hydrogen-bond acceptors (Lipinski definition) is 3. The third kappa shape index (κ3) is 5.29. The highest BCUT2D eigenvalue weighted by atomic mass is 16.4. The van der Waals surface area contributed by atoms with Crippen LogP contribution < -0.4 is 5.11 Å². The summed E-state index contributed by atoms with van der Waals surface area (Å²) in [4.78, 5) is 10.8. The Labute approximate surface area is 108 Å². The molecular weight excluding hydrogens is 230 g/mol. The summed E-state index contributed by atoms with van der Waals surface area (Å²) in [5.41, 5.74) is -0.354. The highest BCUT2D eigenvalue weighted by molar-refractivity contribution is 5.65. The molecule has 0 unspecified atom stereocenters. The second kappa shape index (κ2) is 5.50. The van der Waals surface area contributed by atoms with E-state index in [1.165, 1.54) is 0 Å². The van der Waals surface area contributed by atoms with Crippen LogP contribution in [0.5, 0.6) is 0 Å². The number of carbonyl (C=O) groups is 1. The van der Waals surface area contributed by atoms with Gasteiger partial charge in [0.05, 0.1) is 21.1 Å². The number of aliphatic hydroxyl groups is 1. The van der Waals surface area contributed by atoms with Crippen molar-refractivity contribution in [2.45, 2.75) is 18.4 Å². The number of nitrogens with zero attached hydrogens (tertiary/aromatic N) is 1. The zero-order valence-electron chi connectivity index (χ0n) is 11.2. The van der Waals surface area contributed by atoms with E-state index in [0.29, 0.717) is 17.4 Å². The fraction of sp³-hybridized carbons (Fsp3) is 0.500. The van der Waals surface area contributed by atoms with E-state index in [2.05, 4.69) is 0 Å². The van der Waals surface area contributed by atoms with Crippen molar-refractivity contribution >= 4 is 5.97 Å². The molecular formula is C14H21NO3. The lowest BCUT2D eigenvalue weighted by atomic mass is 9.90.